The van der Waals surface area contributed by atoms with Gasteiger partial charge in [0.15, 0.2) is 11.6 Å². The molecule has 1 amide bonds. The van der Waals surface area contributed by atoms with Crippen molar-refractivity contribution in [3.8, 4) is 17.1 Å². The highest BCUT2D eigenvalue weighted by atomic mass is 32.2. The first-order valence-corrected chi connectivity index (χ1v) is 9.93. The summed E-state index contributed by atoms with van der Waals surface area (Å²) >= 11 is 1.63. The molecule has 1 atom stereocenters. The summed E-state index contributed by atoms with van der Waals surface area (Å²) in [6, 6.07) is 12.3. The first-order chi connectivity index (χ1) is 13.6. The second-order valence-corrected chi connectivity index (χ2v) is 7.29. The topological polar surface area (TPSA) is 68.5 Å². The number of carbonyl (C=O) groups is 1. The molecule has 2 heterocycles. The van der Waals surface area contributed by atoms with E-state index in [0.29, 0.717) is 24.4 Å². The second-order valence-electron chi connectivity index (χ2n) is 6.41. The van der Waals surface area contributed by atoms with E-state index >= 15 is 0 Å². The smallest absolute Gasteiger partial charge is 0.232 e. The van der Waals surface area contributed by atoms with Crippen LogP contribution < -0.4 is 9.64 Å². The summed E-state index contributed by atoms with van der Waals surface area (Å²) in [7, 11) is 1.41. The van der Waals surface area contributed by atoms with E-state index < -0.39 is 5.82 Å². The Balaban J connectivity index is 1.54. The molecule has 0 N–H and O–H groups in total. The summed E-state index contributed by atoms with van der Waals surface area (Å²) < 4.78 is 24.2. The summed E-state index contributed by atoms with van der Waals surface area (Å²) in [6.45, 7) is 0.468. The average molecular weight is 399 g/mol. The third-order valence-corrected chi connectivity index (χ3v) is 5.42. The minimum absolute atomic E-state index is 0.0125. The zero-order valence-electron chi connectivity index (χ0n) is 15.4. The molecule has 28 heavy (non-hydrogen) atoms. The van der Waals surface area contributed by atoms with E-state index in [2.05, 4.69) is 10.1 Å². The molecule has 0 aliphatic carbocycles. The lowest BCUT2D eigenvalue weighted by Crippen LogP contribution is -2.24. The SMILES string of the molecule is COc1ccc(-c2noc(C3CC(=O)N(c4cccc(SC)c4)C3)n2)cc1F. The molecule has 0 saturated carbocycles. The highest BCUT2D eigenvalue weighted by molar-refractivity contribution is 7.98. The van der Waals surface area contributed by atoms with Gasteiger partial charge in [-0.05, 0) is 42.7 Å². The maximum Gasteiger partial charge on any atom is 0.232 e. The molecule has 4 rings (SSSR count). The fraction of sp³-hybridized carbons (Fsp3) is 0.250. The Bertz CT molecular complexity index is 1020. The fourth-order valence-corrected chi connectivity index (χ4v) is 3.68. The molecule has 1 fully saturated rings. The minimum Gasteiger partial charge on any atom is -0.494 e. The predicted octanol–water partition coefficient (Wildman–Crippen LogP) is 4.13. The second kappa shape index (κ2) is 7.63. The van der Waals surface area contributed by atoms with Crippen molar-refractivity contribution in [1.29, 1.82) is 0 Å². The fourth-order valence-electron chi connectivity index (χ4n) is 3.22. The summed E-state index contributed by atoms with van der Waals surface area (Å²) in [5.41, 5.74) is 1.35. The molecule has 1 aromatic heterocycles. The summed E-state index contributed by atoms with van der Waals surface area (Å²) in [6.07, 6.45) is 2.29. The number of ether oxygens (including phenoxy) is 1. The van der Waals surface area contributed by atoms with Gasteiger partial charge < -0.3 is 14.2 Å². The van der Waals surface area contributed by atoms with Crippen molar-refractivity contribution in [2.45, 2.75) is 17.2 Å². The molecular formula is C20H18FN3O3S. The van der Waals surface area contributed by atoms with Crippen molar-refractivity contribution >= 4 is 23.4 Å². The van der Waals surface area contributed by atoms with Gasteiger partial charge in [0.2, 0.25) is 17.6 Å². The molecule has 2 aromatic carbocycles. The summed E-state index contributed by atoms with van der Waals surface area (Å²) in [5.74, 6) is 0.127. The number of methoxy groups -OCH3 is 1. The lowest BCUT2D eigenvalue weighted by molar-refractivity contribution is -0.117. The van der Waals surface area contributed by atoms with Gasteiger partial charge in [-0.1, -0.05) is 11.2 Å². The molecular weight excluding hydrogens is 381 g/mol. The number of hydrogen-bond acceptors (Lipinski definition) is 6. The summed E-state index contributed by atoms with van der Waals surface area (Å²) in [4.78, 5) is 19.7. The van der Waals surface area contributed by atoms with Crippen LogP contribution in [0.3, 0.4) is 0 Å². The van der Waals surface area contributed by atoms with Crippen molar-refractivity contribution < 1.29 is 18.4 Å². The van der Waals surface area contributed by atoms with Crippen LogP contribution in [0.15, 0.2) is 51.9 Å². The number of benzene rings is 2. The third kappa shape index (κ3) is 3.47. The van der Waals surface area contributed by atoms with Gasteiger partial charge in [-0.3, -0.25) is 4.79 Å². The predicted molar refractivity (Wildman–Crippen MR) is 104 cm³/mol. The first kappa shape index (κ1) is 18.5. The molecule has 0 radical (unpaired) electrons. The monoisotopic (exact) mass is 399 g/mol. The number of halogens is 1. The quantitative estimate of drug-likeness (QED) is 0.601. The van der Waals surface area contributed by atoms with Crippen molar-refractivity contribution in [3.63, 3.8) is 0 Å². The molecule has 3 aromatic rings. The number of carbonyl (C=O) groups excluding carboxylic acids is 1. The lowest BCUT2D eigenvalue weighted by Gasteiger charge is -2.16. The molecule has 1 aliphatic rings. The van der Waals surface area contributed by atoms with Crippen LogP contribution in [-0.4, -0.2) is 36.0 Å². The number of aromatic nitrogens is 2. The number of rotatable bonds is 5. The van der Waals surface area contributed by atoms with Crippen LogP contribution in [-0.2, 0) is 4.79 Å². The minimum atomic E-state index is -0.498. The van der Waals surface area contributed by atoms with Crippen LogP contribution in [0.4, 0.5) is 10.1 Å². The zero-order valence-corrected chi connectivity index (χ0v) is 16.2. The van der Waals surface area contributed by atoms with Crippen LogP contribution in [0.5, 0.6) is 5.75 Å². The normalized spacial score (nSPS) is 16.6. The lowest BCUT2D eigenvalue weighted by atomic mass is 10.1. The number of hydrogen-bond donors (Lipinski definition) is 0. The van der Waals surface area contributed by atoms with E-state index in [4.69, 9.17) is 9.26 Å². The van der Waals surface area contributed by atoms with Gasteiger partial charge in [0.05, 0.1) is 13.0 Å². The first-order valence-electron chi connectivity index (χ1n) is 8.71. The molecule has 6 nitrogen and oxygen atoms in total. The van der Waals surface area contributed by atoms with Crippen LogP contribution in [0.25, 0.3) is 11.4 Å². The largest absolute Gasteiger partial charge is 0.494 e. The van der Waals surface area contributed by atoms with Crippen LogP contribution >= 0.6 is 11.8 Å². The van der Waals surface area contributed by atoms with E-state index in [1.165, 1.54) is 19.2 Å². The van der Waals surface area contributed by atoms with Crippen LogP contribution in [0.1, 0.15) is 18.2 Å². The van der Waals surface area contributed by atoms with Gasteiger partial charge in [-0.2, -0.15) is 4.98 Å². The van der Waals surface area contributed by atoms with E-state index in [-0.39, 0.29) is 23.4 Å². The number of anilines is 1. The van der Waals surface area contributed by atoms with Gasteiger partial charge >= 0.3 is 0 Å². The van der Waals surface area contributed by atoms with Crippen molar-refractivity contribution in [3.05, 3.63) is 54.2 Å². The Hall–Kier alpha value is -2.87. The van der Waals surface area contributed by atoms with Gasteiger partial charge in [-0.15, -0.1) is 11.8 Å². The van der Waals surface area contributed by atoms with Crippen LogP contribution in [0, 0.1) is 5.82 Å². The van der Waals surface area contributed by atoms with Crippen molar-refractivity contribution in [1.82, 2.24) is 10.1 Å². The Morgan fingerprint density at radius 1 is 1.29 bits per heavy atom. The average Bonchev–Trinajstić information content (AvgIpc) is 3.35. The standard InChI is InChI=1S/C20H18FN3O3S/c1-26-17-7-6-12(8-16(17)21)19-22-20(27-23-19)13-9-18(25)24(11-13)14-4-3-5-15(10-14)28-2/h3-8,10,13H,9,11H2,1-2H3. The molecule has 1 unspecified atom stereocenters. The molecule has 0 spiro atoms. The Labute approximate surface area is 165 Å². The molecule has 1 aliphatic heterocycles. The molecule has 0 bridgehead atoms. The highest BCUT2D eigenvalue weighted by Crippen LogP contribution is 2.33. The van der Waals surface area contributed by atoms with Crippen molar-refractivity contribution in [2.75, 3.05) is 24.8 Å². The Kier molecular flexibility index (Phi) is 5.04. The van der Waals surface area contributed by atoms with E-state index in [0.717, 1.165) is 10.6 Å². The highest BCUT2D eigenvalue weighted by Gasteiger charge is 2.35. The maximum atomic E-state index is 13.9. The Morgan fingerprint density at radius 2 is 2.14 bits per heavy atom. The van der Waals surface area contributed by atoms with Gasteiger partial charge in [0.25, 0.3) is 0 Å². The van der Waals surface area contributed by atoms with Gasteiger partial charge in [0, 0.05) is 29.1 Å². The molecule has 1 saturated heterocycles. The molecule has 8 heteroatoms. The Morgan fingerprint density at radius 3 is 2.89 bits per heavy atom. The summed E-state index contributed by atoms with van der Waals surface area (Å²) in [5, 5.41) is 3.95. The van der Waals surface area contributed by atoms with E-state index in [1.54, 1.807) is 22.7 Å². The number of thioether (sulfide) groups is 1. The van der Waals surface area contributed by atoms with E-state index in [1.807, 2.05) is 30.5 Å². The van der Waals surface area contributed by atoms with E-state index in [9.17, 15) is 9.18 Å². The molecule has 144 valence electrons. The number of nitrogens with zero attached hydrogens (tertiary/aromatic N) is 3. The zero-order chi connectivity index (χ0) is 19.7. The maximum absolute atomic E-state index is 13.9. The van der Waals surface area contributed by atoms with Crippen LogP contribution in [0.2, 0.25) is 0 Å². The number of amides is 1. The van der Waals surface area contributed by atoms with Gasteiger partial charge in [-0.25, -0.2) is 4.39 Å². The van der Waals surface area contributed by atoms with Gasteiger partial charge in [0.1, 0.15) is 0 Å². The van der Waals surface area contributed by atoms with Crippen molar-refractivity contribution in [2.24, 2.45) is 0 Å². The third-order valence-electron chi connectivity index (χ3n) is 4.69.